The molecule has 1 atom stereocenters. The number of aromatic nitrogens is 1. The summed E-state index contributed by atoms with van der Waals surface area (Å²) in [6.07, 6.45) is 0. The van der Waals surface area contributed by atoms with Crippen LogP contribution < -0.4 is 10.2 Å². The lowest BCUT2D eigenvalue weighted by molar-refractivity contribution is 0.0757. The van der Waals surface area contributed by atoms with E-state index < -0.39 is 0 Å². The lowest BCUT2D eigenvalue weighted by atomic mass is 10.2. The SMILES string of the molecule is O=c1[nH]c(C2COCCN2)cs1. The largest absolute Gasteiger partial charge is 0.378 e. The summed E-state index contributed by atoms with van der Waals surface area (Å²) >= 11 is 1.19. The number of aromatic amines is 1. The van der Waals surface area contributed by atoms with E-state index in [1.165, 1.54) is 11.3 Å². The molecule has 4 nitrogen and oxygen atoms in total. The average molecular weight is 186 g/mol. The fraction of sp³-hybridized carbons (Fsp3) is 0.571. The van der Waals surface area contributed by atoms with Gasteiger partial charge in [-0.3, -0.25) is 4.79 Å². The van der Waals surface area contributed by atoms with E-state index >= 15 is 0 Å². The molecular formula is C7H10N2O2S. The molecular weight excluding hydrogens is 176 g/mol. The second-order valence-corrected chi connectivity index (χ2v) is 3.53. The summed E-state index contributed by atoms with van der Waals surface area (Å²) in [7, 11) is 0. The van der Waals surface area contributed by atoms with Crippen LogP contribution >= 0.6 is 11.3 Å². The van der Waals surface area contributed by atoms with Gasteiger partial charge in [-0.2, -0.15) is 0 Å². The molecule has 0 amide bonds. The number of rotatable bonds is 1. The van der Waals surface area contributed by atoms with Crippen molar-refractivity contribution in [3.63, 3.8) is 0 Å². The Kier molecular flexibility index (Phi) is 2.25. The first kappa shape index (κ1) is 7.97. The van der Waals surface area contributed by atoms with Crippen molar-refractivity contribution in [2.24, 2.45) is 0 Å². The number of thiazole rings is 1. The molecule has 1 aliphatic heterocycles. The number of ether oxygens (including phenoxy) is 1. The fourth-order valence-corrected chi connectivity index (χ4v) is 1.86. The van der Waals surface area contributed by atoms with Crippen molar-refractivity contribution in [2.75, 3.05) is 19.8 Å². The van der Waals surface area contributed by atoms with Crippen molar-refractivity contribution in [1.82, 2.24) is 10.3 Å². The third-order valence-electron chi connectivity index (χ3n) is 1.84. The lowest BCUT2D eigenvalue weighted by Gasteiger charge is -2.22. The minimum Gasteiger partial charge on any atom is -0.378 e. The average Bonchev–Trinajstić information content (AvgIpc) is 2.54. The molecule has 1 aromatic rings. The van der Waals surface area contributed by atoms with E-state index in [1.54, 1.807) is 0 Å². The first-order valence-corrected chi connectivity index (χ1v) is 4.73. The van der Waals surface area contributed by atoms with Crippen molar-refractivity contribution in [2.45, 2.75) is 6.04 Å². The molecule has 12 heavy (non-hydrogen) atoms. The van der Waals surface area contributed by atoms with Gasteiger partial charge in [0.05, 0.1) is 19.3 Å². The Morgan fingerprint density at radius 1 is 1.67 bits per heavy atom. The fourth-order valence-electron chi connectivity index (χ4n) is 1.23. The zero-order valence-corrected chi connectivity index (χ0v) is 7.32. The summed E-state index contributed by atoms with van der Waals surface area (Å²) in [5.41, 5.74) is 0.935. The summed E-state index contributed by atoms with van der Waals surface area (Å²) < 4.78 is 5.27. The molecule has 1 unspecified atom stereocenters. The molecule has 0 bridgehead atoms. The Bertz CT molecular complexity index is 300. The molecule has 2 heterocycles. The zero-order valence-electron chi connectivity index (χ0n) is 6.50. The quantitative estimate of drug-likeness (QED) is 0.654. The Morgan fingerprint density at radius 3 is 3.17 bits per heavy atom. The van der Waals surface area contributed by atoms with Gasteiger partial charge in [0.25, 0.3) is 0 Å². The van der Waals surface area contributed by atoms with Gasteiger partial charge in [0.1, 0.15) is 0 Å². The number of hydrogen-bond donors (Lipinski definition) is 2. The highest BCUT2D eigenvalue weighted by Gasteiger charge is 2.16. The molecule has 5 heteroatoms. The van der Waals surface area contributed by atoms with Gasteiger partial charge in [0.15, 0.2) is 0 Å². The summed E-state index contributed by atoms with van der Waals surface area (Å²) in [6, 6.07) is 0.165. The van der Waals surface area contributed by atoms with E-state index in [0.717, 1.165) is 18.8 Å². The van der Waals surface area contributed by atoms with Crippen LogP contribution in [-0.2, 0) is 4.74 Å². The number of morpholine rings is 1. The molecule has 0 aromatic carbocycles. The van der Waals surface area contributed by atoms with E-state index in [9.17, 15) is 4.79 Å². The van der Waals surface area contributed by atoms with Crippen molar-refractivity contribution in [1.29, 1.82) is 0 Å². The number of nitrogens with one attached hydrogen (secondary N) is 2. The predicted octanol–water partition coefficient (Wildman–Crippen LogP) is 0.0973. The van der Waals surface area contributed by atoms with Gasteiger partial charge in [-0.1, -0.05) is 11.3 Å². The molecule has 1 aliphatic rings. The van der Waals surface area contributed by atoms with Gasteiger partial charge in [0.2, 0.25) is 0 Å². The van der Waals surface area contributed by atoms with Gasteiger partial charge in [-0.15, -0.1) is 0 Å². The van der Waals surface area contributed by atoms with Gasteiger partial charge >= 0.3 is 4.87 Å². The third-order valence-corrected chi connectivity index (χ3v) is 2.52. The van der Waals surface area contributed by atoms with Gasteiger partial charge in [-0.05, 0) is 0 Å². The highest BCUT2D eigenvalue weighted by Crippen LogP contribution is 2.12. The summed E-state index contributed by atoms with van der Waals surface area (Å²) in [6.45, 7) is 2.25. The van der Waals surface area contributed by atoms with E-state index in [1.807, 2.05) is 5.38 Å². The lowest BCUT2D eigenvalue weighted by Crippen LogP contribution is -2.34. The van der Waals surface area contributed by atoms with Crippen LogP contribution in [0.2, 0.25) is 0 Å². The summed E-state index contributed by atoms with van der Waals surface area (Å²) in [5, 5.41) is 5.10. The van der Waals surface area contributed by atoms with Crippen LogP contribution in [-0.4, -0.2) is 24.7 Å². The van der Waals surface area contributed by atoms with Crippen LogP contribution in [0.15, 0.2) is 10.2 Å². The normalized spacial score (nSPS) is 24.2. The Hall–Kier alpha value is -0.650. The van der Waals surface area contributed by atoms with E-state index in [0.29, 0.717) is 6.61 Å². The van der Waals surface area contributed by atoms with E-state index in [-0.39, 0.29) is 10.9 Å². The Labute approximate surface area is 73.6 Å². The molecule has 0 radical (unpaired) electrons. The summed E-state index contributed by atoms with van der Waals surface area (Å²) in [5.74, 6) is 0. The van der Waals surface area contributed by atoms with Crippen LogP contribution in [0.1, 0.15) is 11.7 Å². The molecule has 0 spiro atoms. The standard InChI is InChI=1S/C7H10N2O2S/c10-7-9-6(4-12-7)5-3-11-2-1-8-5/h4-5,8H,1-3H2,(H,9,10). The minimum atomic E-state index is -0.00243. The minimum absolute atomic E-state index is 0.00243. The second kappa shape index (κ2) is 3.38. The van der Waals surface area contributed by atoms with Crippen LogP contribution in [0.25, 0.3) is 0 Å². The maximum Gasteiger partial charge on any atom is 0.304 e. The zero-order chi connectivity index (χ0) is 8.39. The molecule has 1 aromatic heterocycles. The summed E-state index contributed by atoms with van der Waals surface area (Å²) in [4.78, 5) is 13.6. The van der Waals surface area contributed by atoms with Crippen molar-refractivity contribution in [3.05, 3.63) is 20.7 Å². The number of H-pyrrole nitrogens is 1. The molecule has 2 rings (SSSR count). The topological polar surface area (TPSA) is 54.1 Å². The molecule has 2 N–H and O–H groups in total. The predicted molar refractivity (Wildman–Crippen MR) is 46.5 cm³/mol. The first-order chi connectivity index (χ1) is 5.86. The first-order valence-electron chi connectivity index (χ1n) is 3.85. The highest BCUT2D eigenvalue weighted by atomic mass is 32.1. The van der Waals surface area contributed by atoms with Crippen LogP contribution in [0.5, 0.6) is 0 Å². The van der Waals surface area contributed by atoms with Gasteiger partial charge in [0, 0.05) is 17.6 Å². The Balaban J connectivity index is 2.13. The van der Waals surface area contributed by atoms with Gasteiger partial charge < -0.3 is 15.0 Å². The van der Waals surface area contributed by atoms with Crippen molar-refractivity contribution in [3.8, 4) is 0 Å². The van der Waals surface area contributed by atoms with E-state index in [2.05, 4.69) is 10.3 Å². The maximum absolute atomic E-state index is 10.8. The molecule has 1 fully saturated rings. The van der Waals surface area contributed by atoms with Crippen LogP contribution in [0.4, 0.5) is 0 Å². The van der Waals surface area contributed by atoms with Crippen molar-refractivity contribution >= 4 is 11.3 Å². The molecule has 0 saturated carbocycles. The smallest absolute Gasteiger partial charge is 0.304 e. The molecule has 1 saturated heterocycles. The second-order valence-electron chi connectivity index (χ2n) is 2.69. The number of hydrogen-bond acceptors (Lipinski definition) is 4. The molecule has 66 valence electrons. The Morgan fingerprint density at radius 2 is 2.58 bits per heavy atom. The highest BCUT2D eigenvalue weighted by molar-refractivity contribution is 7.07. The molecule has 0 aliphatic carbocycles. The van der Waals surface area contributed by atoms with Crippen LogP contribution in [0, 0.1) is 0 Å². The maximum atomic E-state index is 10.8. The monoisotopic (exact) mass is 186 g/mol. The van der Waals surface area contributed by atoms with Gasteiger partial charge in [-0.25, -0.2) is 0 Å². The van der Waals surface area contributed by atoms with Crippen LogP contribution in [0.3, 0.4) is 0 Å². The third kappa shape index (κ3) is 1.57. The van der Waals surface area contributed by atoms with Crippen molar-refractivity contribution < 1.29 is 4.74 Å². The van der Waals surface area contributed by atoms with E-state index in [4.69, 9.17) is 4.74 Å².